The van der Waals surface area contributed by atoms with Gasteiger partial charge < -0.3 is 24.8 Å². The number of amides is 2. The van der Waals surface area contributed by atoms with Gasteiger partial charge in [0.2, 0.25) is 0 Å². The largest absolute Gasteiger partial charge is 0.385 e. The van der Waals surface area contributed by atoms with E-state index in [0.717, 1.165) is 29.9 Å². The Kier molecular flexibility index (Phi) is 4.75. The molecule has 31 heavy (non-hydrogen) atoms. The van der Waals surface area contributed by atoms with Crippen LogP contribution in [0.4, 0.5) is 4.79 Å². The van der Waals surface area contributed by atoms with Gasteiger partial charge >= 0.3 is 6.03 Å². The van der Waals surface area contributed by atoms with E-state index < -0.39 is 6.10 Å². The first-order valence-electron chi connectivity index (χ1n) is 10.3. The number of hydrogen-bond donors (Lipinski definition) is 2. The molecule has 0 spiro atoms. The minimum absolute atomic E-state index is 0.335. The maximum atomic E-state index is 11.2. The van der Waals surface area contributed by atoms with Gasteiger partial charge in [-0.1, -0.05) is 17.0 Å². The van der Waals surface area contributed by atoms with E-state index in [0.29, 0.717) is 35.9 Å². The quantitative estimate of drug-likeness (QED) is 0.633. The average molecular weight is 417 g/mol. The van der Waals surface area contributed by atoms with Crippen LogP contribution in [0.5, 0.6) is 0 Å². The molecule has 4 atom stereocenters. The number of rotatable bonds is 4. The van der Waals surface area contributed by atoms with Crippen molar-refractivity contribution in [1.29, 1.82) is 0 Å². The van der Waals surface area contributed by atoms with Crippen LogP contribution in [0.3, 0.4) is 0 Å². The van der Waals surface area contributed by atoms with Gasteiger partial charge in [0.25, 0.3) is 0 Å². The third-order valence-corrected chi connectivity index (χ3v) is 6.07. The molecule has 3 heterocycles. The lowest BCUT2D eigenvalue weighted by atomic mass is 10.1. The van der Waals surface area contributed by atoms with Crippen molar-refractivity contribution in [2.75, 3.05) is 13.1 Å². The van der Waals surface area contributed by atoms with Crippen molar-refractivity contribution in [2.45, 2.75) is 19.6 Å². The predicted molar refractivity (Wildman–Crippen MR) is 112 cm³/mol. The first-order chi connectivity index (χ1) is 15.0. The Morgan fingerprint density at radius 2 is 2.06 bits per heavy atom. The third-order valence-electron chi connectivity index (χ3n) is 6.07. The minimum Gasteiger partial charge on any atom is -0.385 e. The summed E-state index contributed by atoms with van der Waals surface area (Å²) in [6, 6.07) is 9.44. The normalized spacial score (nSPS) is 22.5. The number of aliphatic hydroxyl groups is 1. The standard InChI is InChI=1S/C23H23N5O3/c1-14(29)22-25-8-9-27(22)11-17-10-21(31-26-17)16-5-2-15(3-6-16)4-7-18-19-12-28(23(24)30)13-20(18)19/h2-3,5-6,8-10,14,18-20,29H,11-13H2,1H3,(H2,24,30)/t14-,18-,19-,20+/m0/s1. The molecule has 5 rings (SSSR count). The zero-order chi connectivity index (χ0) is 21.5. The van der Waals surface area contributed by atoms with Gasteiger partial charge in [0.1, 0.15) is 17.6 Å². The molecule has 0 unspecified atom stereocenters. The monoisotopic (exact) mass is 417 g/mol. The van der Waals surface area contributed by atoms with Crippen LogP contribution in [-0.2, 0) is 6.54 Å². The molecule has 2 aliphatic rings. The van der Waals surface area contributed by atoms with E-state index in [2.05, 4.69) is 22.0 Å². The van der Waals surface area contributed by atoms with Crippen LogP contribution in [0, 0.1) is 29.6 Å². The molecule has 158 valence electrons. The number of aliphatic hydroxyl groups excluding tert-OH is 1. The van der Waals surface area contributed by atoms with Gasteiger partial charge in [-0.25, -0.2) is 9.78 Å². The number of carbonyl (C=O) groups is 1. The molecule has 3 N–H and O–H groups in total. The highest BCUT2D eigenvalue weighted by molar-refractivity contribution is 5.72. The first kappa shape index (κ1) is 19.4. The number of nitrogens with zero attached hydrogens (tertiary/aromatic N) is 4. The van der Waals surface area contributed by atoms with Crippen LogP contribution in [-0.4, -0.2) is 43.8 Å². The average Bonchev–Trinajstić information content (AvgIpc) is 3.24. The van der Waals surface area contributed by atoms with Crippen molar-refractivity contribution in [3.05, 3.63) is 59.8 Å². The number of hydrogen-bond acceptors (Lipinski definition) is 5. The Balaban J connectivity index is 1.22. The lowest BCUT2D eigenvalue weighted by Crippen LogP contribution is -2.35. The molecule has 1 saturated heterocycles. The summed E-state index contributed by atoms with van der Waals surface area (Å²) in [4.78, 5) is 17.1. The summed E-state index contributed by atoms with van der Waals surface area (Å²) in [5.41, 5.74) is 7.95. The van der Waals surface area contributed by atoms with E-state index in [1.165, 1.54) is 0 Å². The summed E-state index contributed by atoms with van der Waals surface area (Å²) in [7, 11) is 0. The van der Waals surface area contributed by atoms with Crippen LogP contribution in [0.2, 0.25) is 0 Å². The summed E-state index contributed by atoms with van der Waals surface area (Å²) in [5.74, 6) is 9.16. The Morgan fingerprint density at radius 3 is 2.74 bits per heavy atom. The highest BCUT2D eigenvalue weighted by atomic mass is 16.5. The van der Waals surface area contributed by atoms with E-state index in [1.54, 1.807) is 18.0 Å². The molecule has 8 heteroatoms. The number of imidazole rings is 1. The second kappa shape index (κ2) is 7.60. The fourth-order valence-corrected chi connectivity index (χ4v) is 4.32. The van der Waals surface area contributed by atoms with E-state index in [9.17, 15) is 9.90 Å². The Morgan fingerprint density at radius 1 is 1.32 bits per heavy atom. The molecule has 2 amide bonds. The zero-order valence-corrected chi connectivity index (χ0v) is 17.1. The number of aromatic nitrogens is 3. The van der Waals surface area contributed by atoms with Crippen LogP contribution < -0.4 is 5.73 Å². The van der Waals surface area contributed by atoms with Crippen LogP contribution in [0.25, 0.3) is 11.3 Å². The number of piperidine rings is 1. The molecule has 8 nitrogen and oxygen atoms in total. The van der Waals surface area contributed by atoms with Crippen molar-refractivity contribution in [1.82, 2.24) is 19.6 Å². The van der Waals surface area contributed by atoms with Gasteiger partial charge in [-0.2, -0.15) is 0 Å². The number of nitrogens with two attached hydrogens (primary N) is 1. The molecule has 3 aromatic rings. The maximum Gasteiger partial charge on any atom is 0.314 e. The number of carbonyl (C=O) groups excluding carboxylic acids is 1. The van der Waals surface area contributed by atoms with Gasteiger partial charge in [-0.15, -0.1) is 0 Å². The molecule has 0 radical (unpaired) electrons. The van der Waals surface area contributed by atoms with Crippen molar-refractivity contribution < 1.29 is 14.4 Å². The molecular formula is C23H23N5O3. The van der Waals surface area contributed by atoms with Gasteiger partial charge in [0, 0.05) is 48.6 Å². The summed E-state index contributed by atoms with van der Waals surface area (Å²) < 4.78 is 7.35. The van der Waals surface area contributed by atoms with Crippen molar-refractivity contribution in [3.63, 3.8) is 0 Å². The summed E-state index contributed by atoms with van der Waals surface area (Å²) in [6.07, 6.45) is 2.82. The van der Waals surface area contributed by atoms with E-state index in [4.69, 9.17) is 10.3 Å². The van der Waals surface area contributed by atoms with Gasteiger partial charge in [-0.05, 0) is 43.0 Å². The van der Waals surface area contributed by atoms with E-state index in [-0.39, 0.29) is 6.03 Å². The fourth-order valence-electron chi connectivity index (χ4n) is 4.32. The molecule has 1 aliphatic carbocycles. The van der Waals surface area contributed by atoms with Gasteiger partial charge in [-0.3, -0.25) is 0 Å². The number of primary amides is 1. The topological polar surface area (TPSA) is 110 Å². The number of likely N-dealkylation sites (tertiary alicyclic amines) is 1. The maximum absolute atomic E-state index is 11.2. The second-order valence-corrected chi connectivity index (χ2v) is 8.22. The highest BCUT2D eigenvalue weighted by Gasteiger charge is 2.55. The molecule has 1 aromatic carbocycles. The predicted octanol–water partition coefficient (Wildman–Crippen LogP) is 2.25. The SMILES string of the molecule is C[C@H](O)c1nccn1Cc1cc(-c2ccc(C#C[C@@H]3[C@H]4CN(C(N)=O)C[C@@H]34)cc2)on1. The molecule has 1 aliphatic heterocycles. The Labute approximate surface area is 179 Å². The Hall–Kier alpha value is -3.57. The molecule has 0 bridgehead atoms. The molecular weight excluding hydrogens is 394 g/mol. The fraction of sp³-hybridized carbons (Fsp3) is 0.348. The van der Waals surface area contributed by atoms with Gasteiger partial charge in [0.15, 0.2) is 5.76 Å². The summed E-state index contributed by atoms with van der Waals surface area (Å²) in [5, 5.41) is 13.9. The molecule has 2 aromatic heterocycles. The van der Waals surface area contributed by atoms with Crippen LogP contribution in [0.15, 0.2) is 47.2 Å². The highest BCUT2D eigenvalue weighted by Crippen LogP contribution is 2.51. The number of fused-ring (bicyclic) bond motifs is 1. The first-order valence-corrected chi connectivity index (χ1v) is 10.3. The second-order valence-electron chi connectivity index (χ2n) is 8.22. The van der Waals surface area contributed by atoms with E-state index in [1.807, 2.05) is 41.1 Å². The van der Waals surface area contributed by atoms with Gasteiger partial charge in [0.05, 0.1) is 6.54 Å². The summed E-state index contributed by atoms with van der Waals surface area (Å²) in [6.45, 7) is 3.61. The third kappa shape index (κ3) is 3.80. The lowest BCUT2D eigenvalue weighted by Gasteiger charge is -2.15. The molecule has 1 saturated carbocycles. The molecule has 2 fully saturated rings. The number of urea groups is 1. The van der Waals surface area contributed by atoms with E-state index >= 15 is 0 Å². The van der Waals surface area contributed by atoms with Crippen molar-refractivity contribution in [3.8, 4) is 23.2 Å². The smallest absolute Gasteiger partial charge is 0.314 e. The number of benzene rings is 1. The van der Waals surface area contributed by atoms with Crippen molar-refractivity contribution in [2.24, 2.45) is 23.5 Å². The lowest BCUT2D eigenvalue weighted by molar-refractivity contribution is 0.184. The van der Waals surface area contributed by atoms with Crippen molar-refractivity contribution >= 4 is 6.03 Å². The van der Waals surface area contributed by atoms with Crippen LogP contribution >= 0.6 is 0 Å². The zero-order valence-electron chi connectivity index (χ0n) is 17.1. The summed E-state index contributed by atoms with van der Waals surface area (Å²) >= 11 is 0. The minimum atomic E-state index is -0.646. The Bertz CT molecular complexity index is 1160. The van der Waals surface area contributed by atoms with Crippen LogP contribution in [0.1, 0.15) is 30.1 Å².